The van der Waals surface area contributed by atoms with Gasteiger partial charge in [0.25, 0.3) is 0 Å². The second-order valence-electron chi connectivity index (χ2n) is 6.47. The number of likely N-dealkylation sites (tertiary alicyclic amines) is 1. The molecule has 1 saturated heterocycles. The lowest BCUT2D eigenvalue weighted by molar-refractivity contribution is -0.129. The van der Waals surface area contributed by atoms with Crippen LogP contribution in [0.5, 0.6) is 0 Å². The Labute approximate surface area is 143 Å². The third-order valence-corrected chi connectivity index (χ3v) is 4.74. The number of hydrogen-bond donors (Lipinski definition) is 2. The van der Waals surface area contributed by atoms with E-state index >= 15 is 0 Å². The van der Waals surface area contributed by atoms with Gasteiger partial charge in [0, 0.05) is 43.7 Å². The van der Waals surface area contributed by atoms with Crippen molar-refractivity contribution in [2.45, 2.75) is 25.3 Å². The number of amides is 1. The molecule has 3 rings (SSSR count). The Balaban J connectivity index is 1.52. The number of carbonyl (C=O) groups excluding carboxylic acids is 1. The predicted octanol–water partition coefficient (Wildman–Crippen LogP) is 2.75. The molecule has 2 aromatic rings. The third-order valence-electron chi connectivity index (χ3n) is 4.74. The molecule has 0 aliphatic carbocycles. The van der Waals surface area contributed by atoms with Crippen LogP contribution in [-0.2, 0) is 4.79 Å². The van der Waals surface area contributed by atoms with E-state index in [-0.39, 0.29) is 17.9 Å². The molecule has 0 radical (unpaired) electrons. The van der Waals surface area contributed by atoms with Gasteiger partial charge in [0.1, 0.15) is 0 Å². The number of nitrogens with one attached hydrogen (secondary N) is 1. The predicted molar refractivity (Wildman–Crippen MR) is 98.0 cm³/mol. The minimum absolute atomic E-state index is 0.0145. The van der Waals surface area contributed by atoms with Crippen LogP contribution in [0.3, 0.4) is 0 Å². The molecular weight excluding hydrogens is 298 g/mol. The first-order chi connectivity index (χ1) is 11.6. The number of carbonyl (C=O) groups is 1. The molecule has 3 N–H and O–H groups in total. The molecule has 1 fully saturated rings. The van der Waals surface area contributed by atoms with Crippen LogP contribution < -0.4 is 11.1 Å². The van der Waals surface area contributed by atoms with Gasteiger partial charge in [-0.25, -0.2) is 0 Å². The smallest absolute Gasteiger partial charge is 0.224 e. The third kappa shape index (κ3) is 3.77. The van der Waals surface area contributed by atoms with Gasteiger partial charge >= 0.3 is 0 Å². The van der Waals surface area contributed by atoms with Crippen molar-refractivity contribution in [3.63, 3.8) is 0 Å². The summed E-state index contributed by atoms with van der Waals surface area (Å²) in [6.45, 7) is 4.07. The molecule has 2 atom stereocenters. The molecule has 2 aromatic carbocycles. The van der Waals surface area contributed by atoms with Crippen molar-refractivity contribution in [1.29, 1.82) is 0 Å². The largest absolute Gasteiger partial charge is 0.384 e. The molecule has 1 amide bonds. The maximum Gasteiger partial charge on any atom is 0.224 e. The SMILES string of the molecule is Cc1ccccc1NCCC(=O)N1C[C@@H](N)[C@H](c2ccccc2)C1. The minimum atomic E-state index is 0.0145. The summed E-state index contributed by atoms with van der Waals surface area (Å²) in [5.41, 5.74) is 9.77. The number of para-hydroxylation sites is 1. The molecule has 0 bridgehead atoms. The van der Waals surface area contributed by atoms with Crippen molar-refractivity contribution in [2.24, 2.45) is 5.73 Å². The van der Waals surface area contributed by atoms with Crippen molar-refractivity contribution in [3.8, 4) is 0 Å². The number of nitrogens with zero attached hydrogens (tertiary/aromatic N) is 1. The lowest BCUT2D eigenvalue weighted by Gasteiger charge is -2.17. The Morgan fingerprint density at radius 3 is 2.58 bits per heavy atom. The summed E-state index contributed by atoms with van der Waals surface area (Å²) in [7, 11) is 0. The van der Waals surface area contributed by atoms with Gasteiger partial charge in [-0.2, -0.15) is 0 Å². The molecule has 0 aromatic heterocycles. The molecule has 0 unspecified atom stereocenters. The summed E-state index contributed by atoms with van der Waals surface area (Å²) in [5, 5.41) is 3.34. The molecular formula is C20H25N3O. The van der Waals surface area contributed by atoms with Crippen LogP contribution in [-0.4, -0.2) is 36.5 Å². The fourth-order valence-electron chi connectivity index (χ4n) is 3.32. The fourth-order valence-corrected chi connectivity index (χ4v) is 3.32. The van der Waals surface area contributed by atoms with Crippen molar-refractivity contribution >= 4 is 11.6 Å². The zero-order valence-corrected chi connectivity index (χ0v) is 14.1. The van der Waals surface area contributed by atoms with E-state index in [9.17, 15) is 4.79 Å². The second-order valence-corrected chi connectivity index (χ2v) is 6.47. The number of nitrogens with two attached hydrogens (primary N) is 1. The normalized spacial score (nSPS) is 20.2. The highest BCUT2D eigenvalue weighted by atomic mass is 16.2. The van der Waals surface area contributed by atoms with E-state index in [1.54, 1.807) is 0 Å². The average molecular weight is 323 g/mol. The van der Waals surface area contributed by atoms with Gasteiger partial charge in [-0.1, -0.05) is 48.5 Å². The standard InChI is InChI=1S/C20H25N3O/c1-15-7-5-6-10-19(15)22-12-11-20(24)23-13-17(18(21)14-23)16-8-3-2-4-9-16/h2-10,17-18,22H,11-14,21H2,1H3/t17-,18+/m0/s1. The summed E-state index contributed by atoms with van der Waals surface area (Å²) < 4.78 is 0. The van der Waals surface area contributed by atoms with Gasteiger partial charge in [-0.3, -0.25) is 4.79 Å². The Bertz CT molecular complexity index is 686. The molecule has 126 valence electrons. The summed E-state index contributed by atoms with van der Waals surface area (Å²) in [4.78, 5) is 14.4. The van der Waals surface area contributed by atoms with Crippen LogP contribution in [0, 0.1) is 6.92 Å². The molecule has 0 saturated carbocycles. The maximum absolute atomic E-state index is 12.5. The molecule has 1 aliphatic rings. The van der Waals surface area contributed by atoms with Crippen molar-refractivity contribution in [2.75, 3.05) is 25.0 Å². The number of rotatable bonds is 5. The fraction of sp³-hybridized carbons (Fsp3) is 0.350. The van der Waals surface area contributed by atoms with Crippen molar-refractivity contribution in [1.82, 2.24) is 4.90 Å². The van der Waals surface area contributed by atoms with E-state index in [2.05, 4.69) is 30.4 Å². The number of aryl methyl sites for hydroxylation is 1. The zero-order valence-electron chi connectivity index (χ0n) is 14.1. The number of benzene rings is 2. The minimum Gasteiger partial charge on any atom is -0.384 e. The molecule has 1 heterocycles. The Morgan fingerprint density at radius 2 is 1.83 bits per heavy atom. The number of anilines is 1. The summed E-state index contributed by atoms with van der Waals surface area (Å²) in [5.74, 6) is 0.407. The van der Waals surface area contributed by atoms with Gasteiger partial charge < -0.3 is 16.0 Å². The topological polar surface area (TPSA) is 58.4 Å². The van der Waals surface area contributed by atoms with E-state index in [0.29, 0.717) is 26.1 Å². The second kappa shape index (κ2) is 7.49. The molecule has 4 nitrogen and oxygen atoms in total. The van der Waals surface area contributed by atoms with Gasteiger partial charge in [-0.05, 0) is 24.1 Å². The van der Waals surface area contributed by atoms with Gasteiger partial charge in [0.15, 0.2) is 0 Å². The van der Waals surface area contributed by atoms with Gasteiger partial charge in [0.2, 0.25) is 5.91 Å². The van der Waals surface area contributed by atoms with E-state index in [1.165, 1.54) is 11.1 Å². The lowest BCUT2D eigenvalue weighted by atomic mass is 9.95. The van der Waals surface area contributed by atoms with Crippen LogP contribution in [0.15, 0.2) is 54.6 Å². The molecule has 4 heteroatoms. The van der Waals surface area contributed by atoms with Gasteiger partial charge in [-0.15, -0.1) is 0 Å². The molecule has 1 aliphatic heterocycles. The van der Waals surface area contributed by atoms with E-state index in [1.807, 2.05) is 41.3 Å². The van der Waals surface area contributed by atoms with E-state index in [0.717, 1.165) is 5.69 Å². The highest BCUT2D eigenvalue weighted by molar-refractivity contribution is 5.77. The van der Waals surface area contributed by atoms with Crippen LogP contribution in [0.25, 0.3) is 0 Å². The van der Waals surface area contributed by atoms with Crippen LogP contribution in [0.1, 0.15) is 23.5 Å². The van der Waals surface area contributed by atoms with E-state index in [4.69, 9.17) is 5.73 Å². The summed E-state index contributed by atoms with van der Waals surface area (Å²) in [6, 6.07) is 18.4. The average Bonchev–Trinajstić information content (AvgIpc) is 2.99. The van der Waals surface area contributed by atoms with Crippen LogP contribution in [0.4, 0.5) is 5.69 Å². The molecule has 24 heavy (non-hydrogen) atoms. The first kappa shape index (κ1) is 16.5. The van der Waals surface area contributed by atoms with Crippen LogP contribution in [0.2, 0.25) is 0 Å². The van der Waals surface area contributed by atoms with Gasteiger partial charge in [0.05, 0.1) is 0 Å². The van der Waals surface area contributed by atoms with Crippen LogP contribution >= 0.6 is 0 Å². The number of hydrogen-bond acceptors (Lipinski definition) is 3. The highest BCUT2D eigenvalue weighted by Crippen LogP contribution is 2.26. The lowest BCUT2D eigenvalue weighted by Crippen LogP contribution is -2.33. The highest BCUT2D eigenvalue weighted by Gasteiger charge is 2.33. The summed E-state index contributed by atoms with van der Waals surface area (Å²) >= 11 is 0. The maximum atomic E-state index is 12.5. The Morgan fingerprint density at radius 1 is 1.12 bits per heavy atom. The molecule has 0 spiro atoms. The van der Waals surface area contributed by atoms with Crippen molar-refractivity contribution < 1.29 is 4.79 Å². The summed E-state index contributed by atoms with van der Waals surface area (Å²) in [6.07, 6.45) is 0.489. The Hall–Kier alpha value is -2.33. The van der Waals surface area contributed by atoms with Crippen molar-refractivity contribution in [3.05, 3.63) is 65.7 Å². The Kier molecular flexibility index (Phi) is 5.16. The first-order valence-corrected chi connectivity index (χ1v) is 8.53. The zero-order chi connectivity index (χ0) is 16.9. The first-order valence-electron chi connectivity index (χ1n) is 8.53. The monoisotopic (exact) mass is 323 g/mol. The quantitative estimate of drug-likeness (QED) is 0.889. The van der Waals surface area contributed by atoms with E-state index < -0.39 is 0 Å².